The van der Waals surface area contributed by atoms with Gasteiger partial charge < -0.3 is 0 Å². The zero-order valence-corrected chi connectivity index (χ0v) is 11.3. The first-order chi connectivity index (χ1) is 9.74. The molecular weight excluding hydrogens is 246 g/mol. The summed E-state index contributed by atoms with van der Waals surface area (Å²) in [5.74, 6) is 0.0602. The monoisotopic (exact) mass is 261 g/mol. The summed E-state index contributed by atoms with van der Waals surface area (Å²) in [7, 11) is 0. The van der Waals surface area contributed by atoms with Crippen LogP contribution < -0.4 is 0 Å². The third-order valence-electron chi connectivity index (χ3n) is 3.42. The van der Waals surface area contributed by atoms with Gasteiger partial charge in [-0.3, -0.25) is 4.79 Å². The zero-order chi connectivity index (χ0) is 13.9. The van der Waals surface area contributed by atoms with Crippen LogP contribution in [-0.4, -0.2) is 10.8 Å². The lowest BCUT2D eigenvalue weighted by molar-refractivity contribution is 0.0988. The molecular formula is C18H15NO. The molecule has 2 heteroatoms. The summed E-state index contributed by atoms with van der Waals surface area (Å²) in [5.41, 5.74) is 3.53. The number of aromatic nitrogens is 1. The van der Waals surface area contributed by atoms with Gasteiger partial charge >= 0.3 is 0 Å². The number of nitrogens with zero attached hydrogens (tertiary/aromatic N) is 1. The number of aryl methyl sites for hydroxylation is 1. The molecule has 0 N–H and O–H groups in total. The third-order valence-corrected chi connectivity index (χ3v) is 3.42. The fourth-order valence-electron chi connectivity index (χ4n) is 2.36. The van der Waals surface area contributed by atoms with Crippen molar-refractivity contribution in [1.29, 1.82) is 0 Å². The maximum absolute atomic E-state index is 12.3. The van der Waals surface area contributed by atoms with Gasteiger partial charge in [-0.25, -0.2) is 4.98 Å². The van der Waals surface area contributed by atoms with Crippen molar-refractivity contribution in [2.75, 3.05) is 0 Å². The Morgan fingerprint density at radius 2 is 1.70 bits per heavy atom. The van der Waals surface area contributed by atoms with E-state index < -0.39 is 0 Å². The van der Waals surface area contributed by atoms with Gasteiger partial charge in [0.05, 0.1) is 5.52 Å². The van der Waals surface area contributed by atoms with Crippen LogP contribution in [0.15, 0.2) is 60.7 Å². The first-order valence-electron chi connectivity index (χ1n) is 6.67. The molecule has 1 heterocycles. The van der Waals surface area contributed by atoms with Crippen molar-refractivity contribution in [1.82, 2.24) is 4.98 Å². The number of fused-ring (bicyclic) bond motifs is 1. The molecule has 0 atom stereocenters. The topological polar surface area (TPSA) is 30.0 Å². The summed E-state index contributed by atoms with van der Waals surface area (Å²) < 4.78 is 0. The molecule has 2 aromatic carbocycles. The normalized spacial score (nSPS) is 10.7. The minimum absolute atomic E-state index is 0.0602. The molecule has 0 aliphatic carbocycles. The predicted molar refractivity (Wildman–Crippen MR) is 81.0 cm³/mol. The largest absolute Gasteiger partial charge is 0.292 e. The molecule has 98 valence electrons. The number of para-hydroxylation sites is 1. The Labute approximate surface area is 118 Å². The van der Waals surface area contributed by atoms with Crippen LogP contribution in [0, 0.1) is 6.92 Å². The molecule has 0 fully saturated rings. The van der Waals surface area contributed by atoms with E-state index in [9.17, 15) is 4.79 Å². The van der Waals surface area contributed by atoms with Crippen molar-refractivity contribution < 1.29 is 4.79 Å². The van der Waals surface area contributed by atoms with Crippen molar-refractivity contribution in [2.45, 2.75) is 13.3 Å². The lowest BCUT2D eigenvalue weighted by Crippen LogP contribution is -2.06. The van der Waals surface area contributed by atoms with Crippen LogP contribution in [0.3, 0.4) is 0 Å². The van der Waals surface area contributed by atoms with Gasteiger partial charge in [0.1, 0.15) is 5.69 Å². The summed E-state index contributed by atoms with van der Waals surface area (Å²) >= 11 is 0. The van der Waals surface area contributed by atoms with Crippen molar-refractivity contribution in [3.05, 3.63) is 77.5 Å². The van der Waals surface area contributed by atoms with E-state index >= 15 is 0 Å². The smallest absolute Gasteiger partial charge is 0.185 e. The van der Waals surface area contributed by atoms with Gasteiger partial charge in [0.25, 0.3) is 0 Å². The molecule has 0 radical (unpaired) electrons. The van der Waals surface area contributed by atoms with Crippen LogP contribution >= 0.6 is 0 Å². The van der Waals surface area contributed by atoms with E-state index in [4.69, 9.17) is 0 Å². The number of hydrogen-bond acceptors (Lipinski definition) is 2. The molecule has 0 aliphatic heterocycles. The minimum atomic E-state index is 0.0602. The minimum Gasteiger partial charge on any atom is -0.292 e. The van der Waals surface area contributed by atoms with E-state index in [1.807, 2.05) is 67.6 Å². The Morgan fingerprint density at radius 3 is 2.50 bits per heavy atom. The maximum atomic E-state index is 12.3. The van der Waals surface area contributed by atoms with Crippen molar-refractivity contribution in [2.24, 2.45) is 0 Å². The molecule has 0 bridgehead atoms. The number of carbonyl (C=O) groups is 1. The number of ketones is 1. The van der Waals surface area contributed by atoms with Crippen LogP contribution in [0.2, 0.25) is 0 Å². The summed E-state index contributed by atoms with van der Waals surface area (Å²) in [4.78, 5) is 16.8. The van der Waals surface area contributed by atoms with Crippen LogP contribution in [0.5, 0.6) is 0 Å². The summed E-state index contributed by atoms with van der Waals surface area (Å²) in [6.07, 6.45) is 0.394. The SMILES string of the molecule is Cc1cc(C(=O)Cc2ccccc2)nc2ccccc12. The first-order valence-corrected chi connectivity index (χ1v) is 6.67. The average molecular weight is 261 g/mol. The summed E-state index contributed by atoms with van der Waals surface area (Å²) in [6.45, 7) is 2.02. The van der Waals surface area contributed by atoms with Crippen LogP contribution in [-0.2, 0) is 6.42 Å². The highest BCUT2D eigenvalue weighted by molar-refractivity contribution is 5.98. The van der Waals surface area contributed by atoms with Gasteiger partial charge in [0.2, 0.25) is 0 Å². The molecule has 3 rings (SSSR count). The Bertz CT molecular complexity index is 763. The molecule has 0 saturated heterocycles. The quantitative estimate of drug-likeness (QED) is 0.668. The van der Waals surface area contributed by atoms with Crippen LogP contribution in [0.1, 0.15) is 21.6 Å². The second kappa shape index (κ2) is 5.25. The Hall–Kier alpha value is -2.48. The number of Topliss-reactive ketones (excluding diaryl/α,β-unsaturated/α-hetero) is 1. The molecule has 0 saturated carbocycles. The molecule has 0 amide bonds. The van der Waals surface area contributed by atoms with Crippen molar-refractivity contribution in [3.8, 4) is 0 Å². The highest BCUT2D eigenvalue weighted by atomic mass is 16.1. The molecule has 1 aromatic heterocycles. The molecule has 0 unspecified atom stereocenters. The first kappa shape index (κ1) is 12.5. The van der Waals surface area contributed by atoms with Gasteiger partial charge in [0, 0.05) is 11.8 Å². The lowest BCUT2D eigenvalue weighted by Gasteiger charge is -2.06. The lowest BCUT2D eigenvalue weighted by atomic mass is 10.0. The van der Waals surface area contributed by atoms with E-state index in [2.05, 4.69) is 4.98 Å². The van der Waals surface area contributed by atoms with Crippen molar-refractivity contribution >= 4 is 16.7 Å². The summed E-state index contributed by atoms with van der Waals surface area (Å²) in [5, 5.41) is 1.10. The van der Waals surface area contributed by atoms with E-state index in [0.717, 1.165) is 22.0 Å². The second-order valence-corrected chi connectivity index (χ2v) is 4.93. The van der Waals surface area contributed by atoms with E-state index in [-0.39, 0.29) is 5.78 Å². The maximum Gasteiger partial charge on any atom is 0.185 e. The van der Waals surface area contributed by atoms with E-state index in [1.165, 1.54) is 0 Å². The average Bonchev–Trinajstić information content (AvgIpc) is 2.48. The number of pyridine rings is 1. The predicted octanol–water partition coefficient (Wildman–Crippen LogP) is 3.97. The second-order valence-electron chi connectivity index (χ2n) is 4.93. The van der Waals surface area contributed by atoms with E-state index in [1.54, 1.807) is 0 Å². The molecule has 0 aliphatic rings. The molecule has 0 spiro atoms. The number of hydrogen-bond donors (Lipinski definition) is 0. The Morgan fingerprint density at radius 1 is 1.00 bits per heavy atom. The van der Waals surface area contributed by atoms with Gasteiger partial charge in [0.15, 0.2) is 5.78 Å². The van der Waals surface area contributed by atoms with Gasteiger partial charge in [-0.05, 0) is 30.2 Å². The van der Waals surface area contributed by atoms with Crippen LogP contribution in [0.25, 0.3) is 10.9 Å². The van der Waals surface area contributed by atoms with Crippen molar-refractivity contribution in [3.63, 3.8) is 0 Å². The number of rotatable bonds is 3. The molecule has 20 heavy (non-hydrogen) atoms. The molecule has 3 aromatic rings. The van der Waals surface area contributed by atoms with Gasteiger partial charge in [-0.15, -0.1) is 0 Å². The standard InChI is InChI=1S/C18H15NO/c1-13-11-17(19-16-10-6-5-9-15(13)16)18(20)12-14-7-3-2-4-8-14/h2-11H,12H2,1H3. The highest BCUT2D eigenvalue weighted by Crippen LogP contribution is 2.18. The fraction of sp³-hybridized carbons (Fsp3) is 0.111. The molecule has 2 nitrogen and oxygen atoms in total. The Kier molecular flexibility index (Phi) is 3.30. The third kappa shape index (κ3) is 2.45. The Balaban J connectivity index is 1.96. The van der Waals surface area contributed by atoms with Gasteiger partial charge in [-0.1, -0.05) is 48.5 Å². The summed E-state index contributed by atoms with van der Waals surface area (Å²) in [6, 6.07) is 19.6. The fourth-order valence-corrected chi connectivity index (χ4v) is 2.36. The van der Waals surface area contributed by atoms with Crippen LogP contribution in [0.4, 0.5) is 0 Å². The highest BCUT2D eigenvalue weighted by Gasteiger charge is 2.11. The zero-order valence-electron chi connectivity index (χ0n) is 11.3. The number of benzene rings is 2. The van der Waals surface area contributed by atoms with E-state index in [0.29, 0.717) is 12.1 Å². The number of carbonyl (C=O) groups excluding carboxylic acids is 1. The van der Waals surface area contributed by atoms with Gasteiger partial charge in [-0.2, -0.15) is 0 Å².